The number of sulfonamides is 1. The Labute approximate surface area is 323 Å². The molecule has 55 heavy (non-hydrogen) atoms. The first-order chi connectivity index (χ1) is 26.6. The van der Waals surface area contributed by atoms with E-state index in [1.54, 1.807) is 28.1 Å². The number of hydrogen-bond donors (Lipinski definition) is 3. The highest BCUT2D eigenvalue weighted by Crippen LogP contribution is 2.29. The van der Waals surface area contributed by atoms with E-state index >= 15 is 0 Å². The second-order valence-electron chi connectivity index (χ2n) is 14.9. The van der Waals surface area contributed by atoms with Crippen molar-refractivity contribution >= 4 is 39.1 Å². The van der Waals surface area contributed by atoms with Crippen molar-refractivity contribution in [2.75, 3.05) is 26.2 Å². The molecule has 1 saturated carbocycles. The number of pyridine rings is 1. The number of oxime groups is 1. The number of hydrogen-bond acceptors (Lipinski definition) is 8. The summed E-state index contributed by atoms with van der Waals surface area (Å²) in [5.74, 6) is -0.429. The number of carbonyl (C=O) groups excluding carboxylic acids is 2. The van der Waals surface area contributed by atoms with Crippen LogP contribution in [-0.4, -0.2) is 100 Å². The van der Waals surface area contributed by atoms with Crippen LogP contribution in [0.2, 0.25) is 0 Å². The Morgan fingerprint density at radius 2 is 1.76 bits per heavy atom. The van der Waals surface area contributed by atoms with Gasteiger partial charge in [0.25, 0.3) is 0 Å². The van der Waals surface area contributed by atoms with Crippen molar-refractivity contribution in [3.8, 4) is 0 Å². The summed E-state index contributed by atoms with van der Waals surface area (Å²) in [4.78, 5) is 36.3. The van der Waals surface area contributed by atoms with E-state index < -0.39 is 28.2 Å². The van der Waals surface area contributed by atoms with E-state index in [1.165, 1.54) is 22.7 Å². The summed E-state index contributed by atoms with van der Waals surface area (Å²) >= 11 is 0. The number of benzene rings is 3. The number of aromatic nitrogens is 1. The fourth-order valence-corrected chi connectivity index (χ4v) is 9.35. The van der Waals surface area contributed by atoms with Gasteiger partial charge in [0.1, 0.15) is 6.04 Å². The first-order valence-corrected chi connectivity index (χ1v) is 20.7. The monoisotopic (exact) mass is 768 g/mol. The fraction of sp³-hybridized carbons (Fsp3) is 0.429. The van der Waals surface area contributed by atoms with Gasteiger partial charge in [-0.3, -0.25) is 9.78 Å². The molecule has 3 N–H and O–H groups in total. The molecule has 1 aromatic heterocycles. The predicted octanol–water partition coefficient (Wildman–Crippen LogP) is 5.66. The van der Waals surface area contributed by atoms with Crippen LogP contribution in [0.4, 0.5) is 4.79 Å². The molecule has 3 amide bonds. The summed E-state index contributed by atoms with van der Waals surface area (Å²) in [5.41, 5.74) is 3.20. The van der Waals surface area contributed by atoms with Crippen LogP contribution in [0.25, 0.3) is 10.9 Å². The average molecular weight is 769 g/mol. The van der Waals surface area contributed by atoms with Crippen LogP contribution >= 0.6 is 0 Å². The normalized spacial score (nSPS) is 17.6. The molecule has 1 aliphatic carbocycles. The highest BCUT2D eigenvalue weighted by molar-refractivity contribution is 7.89. The van der Waals surface area contributed by atoms with Crippen LogP contribution in [0.15, 0.2) is 101 Å². The maximum Gasteiger partial charge on any atom is 0.321 e. The molecule has 3 aromatic carbocycles. The van der Waals surface area contributed by atoms with Crippen LogP contribution in [0.1, 0.15) is 62.6 Å². The Kier molecular flexibility index (Phi) is 13.2. The molecule has 2 heterocycles. The van der Waals surface area contributed by atoms with E-state index in [1.807, 2.05) is 74.5 Å². The number of rotatable bonds is 17. The minimum Gasteiger partial charge on any atom is -0.411 e. The first-order valence-electron chi connectivity index (χ1n) is 19.3. The van der Waals surface area contributed by atoms with Gasteiger partial charge in [-0.1, -0.05) is 98.9 Å². The number of nitrogens with one attached hydrogen (secondary N) is 1. The zero-order valence-corrected chi connectivity index (χ0v) is 32.4. The summed E-state index contributed by atoms with van der Waals surface area (Å²) in [6, 6.07) is 23.5. The molecule has 1 aliphatic heterocycles. The molecule has 2 fully saturated rings. The SMILES string of the molecule is CCC(C)C(C(=O)N[C@@H](Cc1ccccc1)[C@H](O)CN(CC1CCCC1)S(=O)(=O)c1ccc(/C=N/O)cc1)N1CCN(Cc2ccc3cccnc3c2)C1=O. The third-order valence-electron chi connectivity index (χ3n) is 11.1. The topological polar surface area (TPSA) is 156 Å². The first kappa shape index (κ1) is 39.8. The van der Waals surface area contributed by atoms with Gasteiger partial charge < -0.3 is 25.4 Å². The largest absolute Gasteiger partial charge is 0.411 e. The summed E-state index contributed by atoms with van der Waals surface area (Å²) in [6.45, 7) is 5.15. The van der Waals surface area contributed by atoms with Crippen LogP contribution in [-0.2, 0) is 27.8 Å². The molecular weight excluding hydrogens is 717 g/mol. The smallest absolute Gasteiger partial charge is 0.321 e. The van der Waals surface area contributed by atoms with Gasteiger partial charge in [0.2, 0.25) is 15.9 Å². The van der Waals surface area contributed by atoms with Gasteiger partial charge in [-0.15, -0.1) is 0 Å². The van der Waals surface area contributed by atoms with Crippen molar-refractivity contribution in [3.63, 3.8) is 0 Å². The lowest BCUT2D eigenvalue weighted by Gasteiger charge is -2.35. The van der Waals surface area contributed by atoms with E-state index in [9.17, 15) is 23.1 Å². The highest BCUT2D eigenvalue weighted by atomic mass is 32.2. The van der Waals surface area contributed by atoms with Crippen LogP contribution in [0.5, 0.6) is 0 Å². The lowest BCUT2D eigenvalue weighted by molar-refractivity contribution is -0.128. The molecule has 1 saturated heterocycles. The summed E-state index contributed by atoms with van der Waals surface area (Å²) < 4.78 is 29.7. The molecule has 0 radical (unpaired) electrons. The van der Waals surface area contributed by atoms with Gasteiger partial charge in [0.15, 0.2) is 0 Å². The van der Waals surface area contributed by atoms with Crippen LogP contribution in [0.3, 0.4) is 0 Å². The highest BCUT2D eigenvalue weighted by Gasteiger charge is 2.41. The van der Waals surface area contributed by atoms with Crippen LogP contribution < -0.4 is 5.32 Å². The third-order valence-corrected chi connectivity index (χ3v) is 12.9. The zero-order valence-electron chi connectivity index (χ0n) is 31.6. The zero-order chi connectivity index (χ0) is 39.0. The van der Waals surface area contributed by atoms with Gasteiger partial charge in [-0.05, 0) is 72.1 Å². The second-order valence-corrected chi connectivity index (χ2v) is 16.9. The minimum absolute atomic E-state index is 0.0605. The van der Waals surface area contributed by atoms with E-state index in [4.69, 9.17) is 5.21 Å². The number of urea groups is 1. The molecule has 12 nitrogen and oxygen atoms in total. The van der Waals surface area contributed by atoms with E-state index in [-0.39, 0.29) is 48.2 Å². The van der Waals surface area contributed by atoms with Crippen molar-refractivity contribution in [3.05, 3.63) is 108 Å². The average Bonchev–Trinajstić information content (AvgIpc) is 3.84. The quantitative estimate of drug-likeness (QED) is 0.0711. The fourth-order valence-electron chi connectivity index (χ4n) is 7.82. The second kappa shape index (κ2) is 18.2. The number of carbonyl (C=O) groups is 2. The Bertz CT molecular complexity index is 2040. The van der Waals surface area contributed by atoms with E-state index in [0.29, 0.717) is 31.6 Å². The van der Waals surface area contributed by atoms with Crippen molar-refractivity contribution in [2.24, 2.45) is 17.0 Å². The lowest BCUT2D eigenvalue weighted by Crippen LogP contribution is -2.57. The molecule has 2 unspecified atom stereocenters. The standard InChI is InChI=1S/C42H52N6O6S/c1-3-30(2)40(48-23-22-46(42(48)51)27-34-15-18-35-14-9-21-43-37(35)25-34)41(50)45-38(24-31-10-5-4-6-11-31)39(49)29-47(28-33-12-7-8-13-33)55(53,54)36-19-16-32(17-20-36)26-44-52/h4-6,9-11,14-21,25-26,30,33,38-40,49,52H,3,7-8,12-13,22-24,27-29H2,1-2H3,(H,45,50)/b44-26+/t30?,38-,39+,40?/m0/s1. The lowest BCUT2D eigenvalue weighted by atomic mass is 9.95. The number of amides is 3. The van der Waals surface area contributed by atoms with E-state index in [2.05, 4.69) is 15.5 Å². The van der Waals surface area contributed by atoms with Crippen LogP contribution in [0, 0.1) is 11.8 Å². The number of aliphatic hydroxyl groups excluding tert-OH is 1. The molecular formula is C42H52N6O6S. The van der Waals surface area contributed by atoms with Crippen molar-refractivity contribution in [2.45, 2.75) is 82.0 Å². The van der Waals surface area contributed by atoms with Gasteiger partial charge in [-0.2, -0.15) is 4.31 Å². The van der Waals surface area contributed by atoms with E-state index in [0.717, 1.165) is 47.7 Å². The summed E-state index contributed by atoms with van der Waals surface area (Å²) in [5, 5.41) is 28.1. The Hall–Kier alpha value is -4.85. The molecule has 13 heteroatoms. The molecule has 0 bridgehead atoms. The molecule has 292 valence electrons. The maximum atomic E-state index is 14.5. The Morgan fingerprint density at radius 3 is 2.47 bits per heavy atom. The predicted molar refractivity (Wildman–Crippen MR) is 212 cm³/mol. The van der Waals surface area contributed by atoms with Crippen molar-refractivity contribution in [1.29, 1.82) is 0 Å². The van der Waals surface area contributed by atoms with Crippen molar-refractivity contribution < 1.29 is 28.3 Å². The Balaban J connectivity index is 1.23. The van der Waals surface area contributed by atoms with Gasteiger partial charge >= 0.3 is 6.03 Å². The van der Waals surface area contributed by atoms with Gasteiger partial charge in [0.05, 0.1) is 28.8 Å². The van der Waals surface area contributed by atoms with Gasteiger partial charge in [0, 0.05) is 44.3 Å². The maximum absolute atomic E-state index is 14.5. The molecule has 4 aromatic rings. The number of nitrogens with zero attached hydrogens (tertiary/aromatic N) is 5. The third kappa shape index (κ3) is 9.70. The minimum atomic E-state index is -4.06. The molecule has 4 atom stereocenters. The van der Waals surface area contributed by atoms with Crippen molar-refractivity contribution in [1.82, 2.24) is 24.4 Å². The Morgan fingerprint density at radius 1 is 1.02 bits per heavy atom. The number of fused-ring (bicyclic) bond motifs is 1. The molecule has 6 rings (SSSR count). The number of aliphatic hydroxyl groups is 1. The molecule has 2 aliphatic rings. The summed E-state index contributed by atoms with van der Waals surface area (Å²) in [6.07, 6.45) is 6.41. The molecule has 0 spiro atoms. The van der Waals surface area contributed by atoms with Gasteiger partial charge in [-0.25, -0.2) is 13.2 Å². The summed E-state index contributed by atoms with van der Waals surface area (Å²) in [7, 11) is -4.06.